The van der Waals surface area contributed by atoms with E-state index >= 15 is 0 Å². The minimum atomic E-state index is 0. The molecule has 1 aromatic heterocycles. The number of hydrogen-bond acceptors (Lipinski definition) is 2. The van der Waals surface area contributed by atoms with Crippen LogP contribution < -0.4 is 11.1 Å². The number of aryl methyl sites for hydroxylation is 1. The molecule has 0 fully saturated rings. The van der Waals surface area contributed by atoms with E-state index in [-0.39, 0.29) is 24.0 Å². The van der Waals surface area contributed by atoms with Crippen LogP contribution in [0, 0.1) is 0 Å². The standard InChI is InChI=1S/C16H21N3S.HI/c1-2-14-8-9-15(20-14)12-19-16(17)18-11-10-13-6-4-3-5-7-13;/h3-9H,2,10-12H2,1H3,(H3,17,18,19);1H. The normalized spacial score (nSPS) is 11.0. The summed E-state index contributed by atoms with van der Waals surface area (Å²) in [6.45, 7) is 3.64. The number of benzene rings is 1. The van der Waals surface area contributed by atoms with E-state index in [9.17, 15) is 0 Å². The Balaban J connectivity index is 0.00000220. The maximum Gasteiger partial charge on any atom is 0.188 e. The van der Waals surface area contributed by atoms with Crippen molar-refractivity contribution in [2.24, 2.45) is 10.7 Å². The summed E-state index contributed by atoms with van der Waals surface area (Å²) in [5.41, 5.74) is 7.17. The molecular weight excluding hydrogens is 393 g/mol. The molecular formula is C16H22IN3S. The predicted molar refractivity (Wildman–Crippen MR) is 103 cm³/mol. The van der Waals surface area contributed by atoms with Crippen LogP contribution in [0.25, 0.3) is 0 Å². The van der Waals surface area contributed by atoms with Crippen molar-refractivity contribution in [3.63, 3.8) is 0 Å². The number of nitrogens with two attached hydrogens (primary N) is 1. The molecule has 21 heavy (non-hydrogen) atoms. The van der Waals surface area contributed by atoms with E-state index < -0.39 is 0 Å². The molecule has 0 amide bonds. The number of aliphatic imine (C=N–C) groups is 1. The molecule has 1 heterocycles. The molecule has 0 saturated heterocycles. The van der Waals surface area contributed by atoms with Gasteiger partial charge in [0.25, 0.3) is 0 Å². The second-order valence-corrected chi connectivity index (χ2v) is 5.84. The summed E-state index contributed by atoms with van der Waals surface area (Å²) in [6.07, 6.45) is 2.04. The second kappa shape index (κ2) is 9.78. The monoisotopic (exact) mass is 415 g/mol. The minimum Gasteiger partial charge on any atom is -0.370 e. The zero-order chi connectivity index (χ0) is 14.2. The molecule has 2 aromatic rings. The summed E-state index contributed by atoms with van der Waals surface area (Å²) in [4.78, 5) is 7.02. The fourth-order valence-corrected chi connectivity index (χ4v) is 2.78. The number of rotatable bonds is 6. The van der Waals surface area contributed by atoms with Crippen LogP contribution in [0.1, 0.15) is 22.2 Å². The lowest BCUT2D eigenvalue weighted by Gasteiger charge is -2.05. The summed E-state index contributed by atoms with van der Waals surface area (Å²) in [5, 5.41) is 3.15. The van der Waals surface area contributed by atoms with E-state index in [1.54, 1.807) is 11.3 Å². The highest BCUT2D eigenvalue weighted by Crippen LogP contribution is 2.17. The second-order valence-electron chi connectivity index (χ2n) is 4.59. The van der Waals surface area contributed by atoms with Gasteiger partial charge in [-0.25, -0.2) is 4.99 Å². The van der Waals surface area contributed by atoms with Gasteiger partial charge in [0.2, 0.25) is 0 Å². The molecule has 3 nitrogen and oxygen atoms in total. The Labute approximate surface area is 147 Å². The first-order chi connectivity index (χ1) is 9.78. The van der Waals surface area contributed by atoms with Crippen LogP contribution in [0.4, 0.5) is 0 Å². The van der Waals surface area contributed by atoms with E-state index in [1.165, 1.54) is 15.3 Å². The van der Waals surface area contributed by atoms with Crippen LogP contribution in [0.5, 0.6) is 0 Å². The van der Waals surface area contributed by atoms with Crippen molar-refractivity contribution in [3.05, 3.63) is 57.8 Å². The lowest BCUT2D eigenvalue weighted by atomic mass is 10.1. The number of thiophene rings is 1. The Morgan fingerprint density at radius 1 is 1.14 bits per heavy atom. The lowest BCUT2D eigenvalue weighted by molar-refractivity contribution is 0.849. The summed E-state index contributed by atoms with van der Waals surface area (Å²) < 4.78 is 0. The van der Waals surface area contributed by atoms with Crippen LogP contribution in [0.15, 0.2) is 47.5 Å². The molecule has 0 spiro atoms. The fraction of sp³-hybridized carbons (Fsp3) is 0.312. The van der Waals surface area contributed by atoms with Crippen LogP contribution in [0.3, 0.4) is 0 Å². The molecule has 0 saturated carbocycles. The first-order valence-corrected chi connectivity index (χ1v) is 7.75. The summed E-state index contributed by atoms with van der Waals surface area (Å²) >= 11 is 1.81. The Kier molecular flexibility index (Phi) is 8.37. The van der Waals surface area contributed by atoms with Crippen molar-refractivity contribution in [1.29, 1.82) is 0 Å². The van der Waals surface area contributed by atoms with Crippen molar-refractivity contribution < 1.29 is 0 Å². The number of hydrogen-bond donors (Lipinski definition) is 2. The van der Waals surface area contributed by atoms with Gasteiger partial charge in [0.05, 0.1) is 6.54 Å². The quantitative estimate of drug-likeness (QED) is 0.431. The zero-order valence-corrected chi connectivity index (χ0v) is 15.4. The van der Waals surface area contributed by atoms with Gasteiger partial charge in [0.15, 0.2) is 5.96 Å². The Morgan fingerprint density at radius 2 is 1.86 bits per heavy atom. The molecule has 0 aliphatic carbocycles. The van der Waals surface area contributed by atoms with Gasteiger partial charge in [-0.05, 0) is 30.5 Å². The molecule has 2 rings (SSSR count). The van der Waals surface area contributed by atoms with Gasteiger partial charge < -0.3 is 11.1 Å². The van der Waals surface area contributed by atoms with Gasteiger partial charge in [0.1, 0.15) is 0 Å². The van der Waals surface area contributed by atoms with Gasteiger partial charge in [-0.3, -0.25) is 0 Å². The molecule has 3 N–H and O–H groups in total. The third-order valence-corrected chi connectivity index (χ3v) is 4.25. The van der Waals surface area contributed by atoms with E-state index in [2.05, 4.69) is 53.6 Å². The summed E-state index contributed by atoms with van der Waals surface area (Å²) in [6, 6.07) is 14.7. The number of halogens is 1. The Hall–Kier alpha value is -1.08. The highest BCUT2D eigenvalue weighted by atomic mass is 127. The molecule has 0 atom stereocenters. The Morgan fingerprint density at radius 3 is 2.52 bits per heavy atom. The van der Waals surface area contributed by atoms with Crippen LogP contribution >= 0.6 is 35.3 Å². The van der Waals surface area contributed by atoms with Gasteiger partial charge >= 0.3 is 0 Å². The SMILES string of the molecule is CCc1ccc(CN=C(N)NCCc2ccccc2)s1.I. The highest BCUT2D eigenvalue weighted by molar-refractivity contribution is 14.0. The number of nitrogens with one attached hydrogen (secondary N) is 1. The third-order valence-electron chi connectivity index (χ3n) is 3.03. The van der Waals surface area contributed by atoms with Crippen molar-refractivity contribution in [3.8, 4) is 0 Å². The van der Waals surface area contributed by atoms with E-state index in [0.717, 1.165) is 19.4 Å². The number of guanidine groups is 1. The van der Waals surface area contributed by atoms with E-state index in [4.69, 9.17) is 5.73 Å². The van der Waals surface area contributed by atoms with Crippen LogP contribution in [0.2, 0.25) is 0 Å². The average Bonchev–Trinajstić information content (AvgIpc) is 2.94. The van der Waals surface area contributed by atoms with Crippen LogP contribution in [-0.4, -0.2) is 12.5 Å². The molecule has 1 aromatic carbocycles. The van der Waals surface area contributed by atoms with Crippen LogP contribution in [-0.2, 0) is 19.4 Å². The minimum absolute atomic E-state index is 0. The first kappa shape index (κ1) is 18.0. The van der Waals surface area contributed by atoms with Gasteiger partial charge in [-0.15, -0.1) is 35.3 Å². The highest BCUT2D eigenvalue weighted by Gasteiger charge is 1.98. The summed E-state index contributed by atoms with van der Waals surface area (Å²) in [5.74, 6) is 0.521. The van der Waals surface area contributed by atoms with Gasteiger partial charge in [0, 0.05) is 16.3 Å². The molecule has 0 aliphatic rings. The molecule has 0 aliphatic heterocycles. The van der Waals surface area contributed by atoms with Gasteiger partial charge in [-0.1, -0.05) is 37.3 Å². The molecule has 0 unspecified atom stereocenters. The van der Waals surface area contributed by atoms with Crippen molar-refractivity contribution in [2.45, 2.75) is 26.3 Å². The molecule has 114 valence electrons. The fourth-order valence-electron chi connectivity index (χ4n) is 1.90. The molecule has 5 heteroatoms. The average molecular weight is 415 g/mol. The van der Waals surface area contributed by atoms with Crippen molar-refractivity contribution in [2.75, 3.05) is 6.54 Å². The van der Waals surface area contributed by atoms with Gasteiger partial charge in [-0.2, -0.15) is 0 Å². The molecule has 0 radical (unpaired) electrons. The van der Waals surface area contributed by atoms with E-state index in [1.807, 2.05) is 6.07 Å². The Bertz CT molecular complexity index is 552. The smallest absolute Gasteiger partial charge is 0.188 e. The van der Waals surface area contributed by atoms with E-state index in [0.29, 0.717) is 12.5 Å². The summed E-state index contributed by atoms with van der Waals surface area (Å²) in [7, 11) is 0. The van der Waals surface area contributed by atoms with Crippen molar-refractivity contribution >= 4 is 41.3 Å². The zero-order valence-electron chi connectivity index (χ0n) is 12.2. The third kappa shape index (κ3) is 6.48. The topological polar surface area (TPSA) is 50.4 Å². The largest absolute Gasteiger partial charge is 0.370 e. The van der Waals surface area contributed by atoms with Crippen molar-refractivity contribution in [1.82, 2.24) is 5.32 Å². The molecule has 0 bridgehead atoms. The first-order valence-electron chi connectivity index (χ1n) is 6.93. The maximum atomic E-state index is 5.87. The predicted octanol–water partition coefficient (Wildman–Crippen LogP) is 3.58. The lowest BCUT2D eigenvalue weighted by Crippen LogP contribution is -2.33. The number of nitrogens with zero attached hydrogens (tertiary/aromatic N) is 1. The maximum absolute atomic E-state index is 5.87.